The van der Waals surface area contributed by atoms with Crippen molar-refractivity contribution in [3.8, 4) is 11.3 Å². The van der Waals surface area contributed by atoms with Gasteiger partial charge in [0.1, 0.15) is 11.7 Å². The molecule has 0 radical (unpaired) electrons. The van der Waals surface area contributed by atoms with Crippen molar-refractivity contribution < 1.29 is 4.74 Å². The summed E-state index contributed by atoms with van der Waals surface area (Å²) in [7, 11) is 1.86. The molecule has 2 aromatic carbocycles. The van der Waals surface area contributed by atoms with Gasteiger partial charge in [-0.15, -0.1) is 0 Å². The average Bonchev–Trinajstić information content (AvgIpc) is 2.75. The second kappa shape index (κ2) is 13.1. The van der Waals surface area contributed by atoms with Crippen LogP contribution in [0.5, 0.6) is 0 Å². The molecule has 3 aromatic rings. The van der Waals surface area contributed by atoms with Crippen molar-refractivity contribution >= 4 is 28.0 Å². The standard InChI is InChI=1S/C20H21N2OS.2C2H6/c1-15-20(17-7-5-4-6-8-17)22-18-10-9-16(13-19(18)21-15)11-12-24(3)14-23-2;2*1-2/h4-13H,14H2,1-3H3;2*1-2H3/q+1;;/b12-11+;;. The minimum atomic E-state index is 0.124. The summed E-state index contributed by atoms with van der Waals surface area (Å²) in [6, 6.07) is 16.4. The van der Waals surface area contributed by atoms with E-state index >= 15 is 0 Å². The molecule has 1 atom stereocenters. The predicted molar refractivity (Wildman–Crippen MR) is 127 cm³/mol. The highest BCUT2D eigenvalue weighted by Gasteiger charge is 2.08. The second-order valence-electron chi connectivity index (χ2n) is 5.67. The molecular formula is C24H33N2OS+. The highest BCUT2D eigenvalue weighted by Crippen LogP contribution is 2.23. The third-order valence-corrected chi connectivity index (χ3v) is 4.91. The van der Waals surface area contributed by atoms with E-state index in [1.807, 2.05) is 58.9 Å². The Labute approximate surface area is 173 Å². The molecule has 1 heterocycles. The molecule has 0 amide bonds. The summed E-state index contributed by atoms with van der Waals surface area (Å²) >= 11 is 0. The third kappa shape index (κ3) is 6.77. The van der Waals surface area contributed by atoms with Crippen LogP contribution >= 0.6 is 0 Å². The van der Waals surface area contributed by atoms with E-state index in [0.717, 1.165) is 39.5 Å². The maximum atomic E-state index is 5.17. The summed E-state index contributed by atoms with van der Waals surface area (Å²) in [5, 5.41) is 2.18. The van der Waals surface area contributed by atoms with Gasteiger partial charge in [-0.2, -0.15) is 0 Å². The van der Waals surface area contributed by atoms with E-state index in [9.17, 15) is 0 Å². The van der Waals surface area contributed by atoms with Gasteiger partial charge in [-0.3, -0.25) is 0 Å². The van der Waals surface area contributed by atoms with E-state index in [2.05, 4.69) is 42.0 Å². The largest absolute Gasteiger partial charge is 0.339 e. The van der Waals surface area contributed by atoms with Crippen LogP contribution in [0.4, 0.5) is 0 Å². The molecule has 1 unspecified atom stereocenters. The van der Waals surface area contributed by atoms with Crippen LogP contribution in [-0.2, 0) is 15.6 Å². The molecule has 0 spiro atoms. The maximum absolute atomic E-state index is 5.17. The molecular weight excluding hydrogens is 364 g/mol. The first-order valence-electron chi connectivity index (χ1n) is 9.79. The number of nitrogens with zero attached hydrogens (tertiary/aromatic N) is 2. The van der Waals surface area contributed by atoms with Gasteiger partial charge >= 0.3 is 0 Å². The molecule has 0 aliphatic carbocycles. The third-order valence-electron chi connectivity index (χ3n) is 3.71. The van der Waals surface area contributed by atoms with Crippen molar-refractivity contribution in [2.45, 2.75) is 34.6 Å². The molecule has 0 fully saturated rings. The molecule has 0 aliphatic rings. The zero-order chi connectivity index (χ0) is 20.9. The van der Waals surface area contributed by atoms with Crippen LogP contribution in [-0.4, -0.2) is 29.3 Å². The van der Waals surface area contributed by atoms with E-state index in [-0.39, 0.29) is 10.9 Å². The fourth-order valence-corrected chi connectivity index (χ4v) is 3.39. The summed E-state index contributed by atoms with van der Waals surface area (Å²) in [6.45, 7) is 10.0. The lowest BCUT2D eigenvalue weighted by atomic mass is 10.1. The molecule has 0 bridgehead atoms. The number of fused-ring (bicyclic) bond motifs is 1. The van der Waals surface area contributed by atoms with Crippen molar-refractivity contribution in [1.82, 2.24) is 9.97 Å². The topological polar surface area (TPSA) is 35.0 Å². The van der Waals surface area contributed by atoms with E-state index < -0.39 is 0 Å². The van der Waals surface area contributed by atoms with Gasteiger partial charge in [0.25, 0.3) is 0 Å². The molecule has 28 heavy (non-hydrogen) atoms. The lowest BCUT2D eigenvalue weighted by Crippen LogP contribution is -2.01. The van der Waals surface area contributed by atoms with Gasteiger partial charge in [-0.1, -0.05) is 64.1 Å². The van der Waals surface area contributed by atoms with Crippen LogP contribution in [0.1, 0.15) is 39.0 Å². The minimum Gasteiger partial charge on any atom is -0.339 e. The zero-order valence-electron chi connectivity index (χ0n) is 18.2. The summed E-state index contributed by atoms with van der Waals surface area (Å²) < 4.78 is 5.17. The highest BCUT2D eigenvalue weighted by atomic mass is 32.2. The Morgan fingerprint density at radius 1 is 0.929 bits per heavy atom. The maximum Gasteiger partial charge on any atom is 0.212 e. The molecule has 0 saturated carbocycles. The quantitative estimate of drug-likeness (QED) is 0.462. The minimum absolute atomic E-state index is 0.124. The first-order valence-corrected chi connectivity index (χ1v) is 11.7. The fourth-order valence-electron chi connectivity index (χ4n) is 2.55. The normalized spacial score (nSPS) is 11.4. The Morgan fingerprint density at radius 3 is 2.25 bits per heavy atom. The van der Waals surface area contributed by atoms with Crippen molar-refractivity contribution in [2.24, 2.45) is 0 Å². The zero-order valence-corrected chi connectivity index (χ0v) is 19.0. The van der Waals surface area contributed by atoms with Crippen molar-refractivity contribution in [3.63, 3.8) is 0 Å². The summed E-state index contributed by atoms with van der Waals surface area (Å²) in [5.41, 5.74) is 5.98. The molecule has 3 rings (SSSR count). The number of hydrogen-bond donors (Lipinski definition) is 0. The second-order valence-corrected chi connectivity index (χ2v) is 7.56. The van der Waals surface area contributed by atoms with Crippen molar-refractivity contribution in [1.29, 1.82) is 0 Å². The fraction of sp³-hybridized carbons (Fsp3) is 0.333. The van der Waals surface area contributed by atoms with Crippen LogP contribution in [0, 0.1) is 6.92 Å². The van der Waals surface area contributed by atoms with E-state index in [1.165, 1.54) is 0 Å². The molecule has 4 heteroatoms. The molecule has 150 valence electrons. The van der Waals surface area contributed by atoms with Gasteiger partial charge < -0.3 is 4.74 Å². The summed E-state index contributed by atoms with van der Waals surface area (Å²) in [6.07, 6.45) is 4.29. The SMILES string of the molecule is CC.CC.COC[S+](C)/C=C/c1ccc2nc(-c3ccccc3)c(C)nc2c1. The van der Waals surface area contributed by atoms with Gasteiger partial charge in [-0.05, 0) is 30.7 Å². The van der Waals surface area contributed by atoms with E-state index in [1.54, 1.807) is 7.11 Å². The highest BCUT2D eigenvalue weighted by molar-refractivity contribution is 7.98. The molecule has 0 saturated heterocycles. The van der Waals surface area contributed by atoms with Gasteiger partial charge in [0.15, 0.2) is 0 Å². The monoisotopic (exact) mass is 397 g/mol. The lowest BCUT2D eigenvalue weighted by molar-refractivity contribution is 0.257. The smallest absolute Gasteiger partial charge is 0.212 e. The van der Waals surface area contributed by atoms with Gasteiger partial charge in [0.2, 0.25) is 5.94 Å². The Bertz CT molecular complexity index is 863. The summed E-state index contributed by atoms with van der Waals surface area (Å²) in [4.78, 5) is 9.56. The van der Waals surface area contributed by atoms with E-state index in [4.69, 9.17) is 14.7 Å². The number of ether oxygens (including phenoxy) is 1. The van der Waals surface area contributed by atoms with Crippen LogP contribution in [0.15, 0.2) is 53.9 Å². The first kappa shape index (κ1) is 23.9. The molecule has 0 aliphatic heterocycles. The van der Waals surface area contributed by atoms with Crippen molar-refractivity contribution in [3.05, 3.63) is 65.2 Å². The van der Waals surface area contributed by atoms with Gasteiger partial charge in [0, 0.05) is 23.6 Å². The lowest BCUT2D eigenvalue weighted by Gasteiger charge is -2.07. The average molecular weight is 398 g/mol. The number of benzene rings is 2. The Kier molecular flexibility index (Phi) is 11.2. The van der Waals surface area contributed by atoms with Crippen LogP contribution in [0.3, 0.4) is 0 Å². The number of aryl methyl sites for hydroxylation is 1. The molecule has 1 aromatic heterocycles. The van der Waals surface area contributed by atoms with Crippen LogP contribution in [0.25, 0.3) is 28.4 Å². The predicted octanol–water partition coefficient (Wildman–Crippen LogP) is 6.48. The van der Waals surface area contributed by atoms with Crippen LogP contribution < -0.4 is 0 Å². The Morgan fingerprint density at radius 2 is 1.61 bits per heavy atom. The Hall–Kier alpha value is -2.17. The van der Waals surface area contributed by atoms with Crippen LogP contribution in [0.2, 0.25) is 0 Å². The van der Waals surface area contributed by atoms with Crippen molar-refractivity contribution in [2.75, 3.05) is 19.3 Å². The molecule has 3 nitrogen and oxygen atoms in total. The summed E-state index contributed by atoms with van der Waals surface area (Å²) in [5.74, 6) is 0.753. The molecule has 0 N–H and O–H groups in total. The first-order chi connectivity index (χ1) is 13.7. The van der Waals surface area contributed by atoms with E-state index in [0.29, 0.717) is 0 Å². The van der Waals surface area contributed by atoms with Gasteiger partial charge in [-0.25, -0.2) is 9.97 Å². The number of methoxy groups -OCH3 is 1. The van der Waals surface area contributed by atoms with Gasteiger partial charge in [0.05, 0.1) is 22.4 Å². The number of rotatable bonds is 5. The number of aromatic nitrogens is 2. The number of hydrogen-bond acceptors (Lipinski definition) is 3. The Balaban J connectivity index is 0.000000921.